The van der Waals surface area contributed by atoms with E-state index in [1.807, 2.05) is 30.3 Å². The Morgan fingerprint density at radius 1 is 1.18 bits per heavy atom. The number of amides is 1. The van der Waals surface area contributed by atoms with Crippen LogP contribution in [0.4, 0.5) is 10.5 Å². The number of carboxylic acid groups (broad SMARTS) is 1. The van der Waals surface area contributed by atoms with Crippen LogP contribution in [0.15, 0.2) is 48.5 Å². The lowest BCUT2D eigenvalue weighted by atomic mass is 10.2. The van der Waals surface area contributed by atoms with Crippen LogP contribution in [-0.4, -0.2) is 57.9 Å². The fourth-order valence-electron chi connectivity index (χ4n) is 3.59. The highest BCUT2D eigenvalue weighted by Gasteiger charge is 2.39. The maximum atomic E-state index is 12.8. The lowest BCUT2D eigenvalue weighted by Gasteiger charge is -2.28. The van der Waals surface area contributed by atoms with Crippen molar-refractivity contribution < 1.29 is 33.8 Å². The van der Waals surface area contributed by atoms with Gasteiger partial charge >= 0.3 is 17.7 Å². The van der Waals surface area contributed by atoms with E-state index in [-0.39, 0.29) is 30.6 Å². The van der Waals surface area contributed by atoms with E-state index in [1.54, 1.807) is 20.8 Å². The summed E-state index contributed by atoms with van der Waals surface area (Å²) in [5.41, 5.74) is -0.375. The summed E-state index contributed by atoms with van der Waals surface area (Å²) in [7, 11) is 0. The molecule has 10 nitrogen and oxygen atoms in total. The quantitative estimate of drug-likeness (QED) is 0.446. The fourth-order valence-corrected chi connectivity index (χ4v) is 3.59. The number of nitrogens with zero attached hydrogens (tertiary/aromatic N) is 2. The first-order valence-corrected chi connectivity index (χ1v) is 10.8. The van der Waals surface area contributed by atoms with Gasteiger partial charge in [-0.1, -0.05) is 30.3 Å². The largest absolute Gasteiger partial charge is 0.485 e. The smallest absolute Gasteiger partial charge is 0.410 e. The first-order chi connectivity index (χ1) is 16.0. The molecule has 0 unspecified atom stereocenters. The van der Waals surface area contributed by atoms with E-state index >= 15 is 0 Å². The Labute approximate surface area is 197 Å². The predicted octanol–water partition coefficient (Wildman–Crippen LogP) is 4.27. The number of likely N-dealkylation sites (tertiary alicyclic amines) is 1. The zero-order valence-corrected chi connectivity index (χ0v) is 19.3. The van der Waals surface area contributed by atoms with Crippen molar-refractivity contribution >= 4 is 17.7 Å². The van der Waals surface area contributed by atoms with E-state index in [0.717, 1.165) is 11.6 Å². The Bertz CT molecular complexity index is 1040. The van der Waals surface area contributed by atoms with Crippen molar-refractivity contribution in [3.8, 4) is 5.75 Å². The number of nitro benzene ring substituents is 1. The minimum Gasteiger partial charge on any atom is -0.485 e. The van der Waals surface area contributed by atoms with Gasteiger partial charge in [-0.3, -0.25) is 15.0 Å². The van der Waals surface area contributed by atoms with Gasteiger partial charge in [-0.05, 0) is 44.9 Å². The van der Waals surface area contributed by atoms with E-state index in [0.29, 0.717) is 13.0 Å². The van der Waals surface area contributed by atoms with Gasteiger partial charge in [0.05, 0.1) is 35.8 Å². The van der Waals surface area contributed by atoms with Gasteiger partial charge in [0.15, 0.2) is 5.75 Å². The number of rotatable bonds is 8. The molecule has 0 spiro atoms. The summed E-state index contributed by atoms with van der Waals surface area (Å²) in [6.45, 7) is 5.92. The molecular weight excluding hydrogens is 444 g/mol. The zero-order chi connectivity index (χ0) is 24.9. The maximum absolute atomic E-state index is 12.8. The SMILES string of the molecule is CC(C)(C)OC(=O)N1C[C@H](OCc2ccccc2)C[C@H]1COc1ccc(C(=O)O)cc1[N+](=O)[O-]. The highest BCUT2D eigenvalue weighted by atomic mass is 16.6. The van der Waals surface area contributed by atoms with Crippen LogP contribution in [0.2, 0.25) is 0 Å². The molecule has 182 valence electrons. The van der Waals surface area contributed by atoms with Crippen molar-refractivity contribution in [2.24, 2.45) is 0 Å². The van der Waals surface area contributed by atoms with Crippen LogP contribution in [0.5, 0.6) is 5.75 Å². The number of ether oxygens (including phenoxy) is 3. The standard InChI is InChI=1S/C24H28N2O8/c1-24(2,3)34-23(29)25-13-19(32-14-16-7-5-4-6-8-16)12-18(25)15-33-21-10-9-17(22(27)28)11-20(21)26(30)31/h4-11,18-19H,12-15H2,1-3H3,(H,27,28)/t18-,19+/m0/s1. The van der Waals surface area contributed by atoms with E-state index in [4.69, 9.17) is 19.3 Å². The average molecular weight is 472 g/mol. The monoisotopic (exact) mass is 472 g/mol. The normalized spacial score (nSPS) is 17.9. The molecule has 1 saturated heterocycles. The molecule has 0 bridgehead atoms. The second-order valence-corrected chi connectivity index (χ2v) is 9.00. The third-order valence-electron chi connectivity index (χ3n) is 5.17. The van der Waals surface area contributed by atoms with Gasteiger partial charge < -0.3 is 19.3 Å². The molecule has 1 fully saturated rings. The molecule has 0 aromatic heterocycles. The summed E-state index contributed by atoms with van der Waals surface area (Å²) in [5, 5.41) is 20.5. The molecule has 2 aromatic rings. The Morgan fingerprint density at radius 2 is 1.88 bits per heavy atom. The van der Waals surface area contributed by atoms with Crippen LogP contribution in [0.3, 0.4) is 0 Å². The Hall–Kier alpha value is -3.66. The summed E-state index contributed by atoms with van der Waals surface area (Å²) in [5.74, 6) is -1.35. The van der Waals surface area contributed by atoms with Gasteiger partial charge in [0, 0.05) is 6.07 Å². The molecule has 0 saturated carbocycles. The van der Waals surface area contributed by atoms with Gasteiger partial charge in [0.2, 0.25) is 0 Å². The summed E-state index contributed by atoms with van der Waals surface area (Å²) in [6.07, 6.45) is -0.346. The van der Waals surface area contributed by atoms with Crippen LogP contribution in [0.25, 0.3) is 0 Å². The van der Waals surface area contributed by atoms with Crippen molar-refractivity contribution in [3.63, 3.8) is 0 Å². The van der Waals surface area contributed by atoms with Gasteiger partial charge in [-0.2, -0.15) is 0 Å². The molecule has 1 aliphatic rings. The number of carbonyl (C=O) groups excluding carboxylic acids is 1. The second kappa shape index (κ2) is 10.5. The molecule has 2 aromatic carbocycles. The van der Waals surface area contributed by atoms with E-state index in [1.165, 1.54) is 17.0 Å². The number of hydrogen-bond donors (Lipinski definition) is 1. The van der Waals surface area contributed by atoms with E-state index in [2.05, 4.69) is 0 Å². The first-order valence-electron chi connectivity index (χ1n) is 10.8. The third kappa shape index (κ3) is 6.67. The van der Waals surface area contributed by atoms with E-state index in [9.17, 15) is 19.7 Å². The van der Waals surface area contributed by atoms with Gasteiger partial charge in [-0.25, -0.2) is 9.59 Å². The topological polar surface area (TPSA) is 128 Å². The second-order valence-electron chi connectivity index (χ2n) is 9.00. The summed E-state index contributed by atoms with van der Waals surface area (Å²) in [4.78, 5) is 36.2. The minimum absolute atomic E-state index is 0.0440. The molecule has 1 aliphatic heterocycles. The molecule has 1 heterocycles. The molecule has 2 atom stereocenters. The molecule has 10 heteroatoms. The minimum atomic E-state index is -1.28. The highest BCUT2D eigenvalue weighted by molar-refractivity contribution is 5.88. The third-order valence-corrected chi connectivity index (χ3v) is 5.17. The number of carboxylic acids is 1. The van der Waals surface area contributed by atoms with Crippen LogP contribution in [0, 0.1) is 10.1 Å². The van der Waals surface area contributed by atoms with E-state index < -0.39 is 34.3 Å². The van der Waals surface area contributed by atoms with Gasteiger partial charge in [-0.15, -0.1) is 0 Å². The highest BCUT2D eigenvalue weighted by Crippen LogP contribution is 2.30. The maximum Gasteiger partial charge on any atom is 0.410 e. The number of hydrogen-bond acceptors (Lipinski definition) is 7. The number of carbonyl (C=O) groups is 2. The molecule has 1 amide bonds. The first kappa shape index (κ1) is 25.0. The Kier molecular flexibility index (Phi) is 7.72. The number of aromatic carboxylic acids is 1. The number of nitro groups is 1. The molecule has 3 rings (SSSR count). The summed E-state index contributed by atoms with van der Waals surface area (Å²) < 4.78 is 17.2. The van der Waals surface area contributed by atoms with Crippen molar-refractivity contribution in [2.75, 3.05) is 13.2 Å². The zero-order valence-electron chi connectivity index (χ0n) is 19.3. The van der Waals surface area contributed by atoms with Crippen molar-refractivity contribution in [3.05, 3.63) is 69.8 Å². The predicted molar refractivity (Wildman–Crippen MR) is 122 cm³/mol. The fraction of sp³-hybridized carbons (Fsp3) is 0.417. The lowest BCUT2D eigenvalue weighted by Crippen LogP contribution is -2.42. The lowest BCUT2D eigenvalue weighted by molar-refractivity contribution is -0.385. The Balaban J connectivity index is 1.73. The van der Waals surface area contributed by atoms with Crippen LogP contribution < -0.4 is 4.74 Å². The molecule has 0 radical (unpaired) electrons. The molecular formula is C24H28N2O8. The molecule has 34 heavy (non-hydrogen) atoms. The molecule has 0 aliphatic carbocycles. The molecule has 1 N–H and O–H groups in total. The summed E-state index contributed by atoms with van der Waals surface area (Å²) in [6, 6.07) is 12.6. The van der Waals surface area contributed by atoms with Crippen molar-refractivity contribution in [1.29, 1.82) is 0 Å². The van der Waals surface area contributed by atoms with Crippen LogP contribution in [0.1, 0.15) is 43.1 Å². The van der Waals surface area contributed by atoms with Gasteiger partial charge in [0.25, 0.3) is 0 Å². The number of benzene rings is 2. The van der Waals surface area contributed by atoms with Crippen LogP contribution >= 0.6 is 0 Å². The Morgan fingerprint density at radius 3 is 2.50 bits per heavy atom. The average Bonchev–Trinajstić information content (AvgIpc) is 3.19. The summed E-state index contributed by atoms with van der Waals surface area (Å²) >= 11 is 0. The van der Waals surface area contributed by atoms with Crippen molar-refractivity contribution in [2.45, 2.75) is 51.5 Å². The van der Waals surface area contributed by atoms with Gasteiger partial charge in [0.1, 0.15) is 12.2 Å². The van der Waals surface area contributed by atoms with Crippen LogP contribution in [-0.2, 0) is 16.1 Å². The van der Waals surface area contributed by atoms with Crippen molar-refractivity contribution in [1.82, 2.24) is 4.90 Å².